The summed E-state index contributed by atoms with van der Waals surface area (Å²) in [6.07, 6.45) is 5.56. The summed E-state index contributed by atoms with van der Waals surface area (Å²) in [7, 11) is 0. The molecular formula is C18H21N3O3. The van der Waals surface area contributed by atoms with Crippen molar-refractivity contribution in [2.24, 2.45) is 5.41 Å². The van der Waals surface area contributed by atoms with Gasteiger partial charge >= 0.3 is 5.97 Å². The van der Waals surface area contributed by atoms with E-state index in [9.17, 15) is 14.7 Å². The first-order valence-corrected chi connectivity index (χ1v) is 8.06. The highest BCUT2D eigenvalue weighted by Gasteiger charge is 2.26. The summed E-state index contributed by atoms with van der Waals surface area (Å²) >= 11 is 0. The highest BCUT2D eigenvalue weighted by molar-refractivity contribution is 5.78. The second-order valence-electron chi connectivity index (χ2n) is 7.15. The van der Waals surface area contributed by atoms with Crippen molar-refractivity contribution in [1.29, 1.82) is 0 Å². The van der Waals surface area contributed by atoms with Gasteiger partial charge in [-0.15, -0.1) is 0 Å². The summed E-state index contributed by atoms with van der Waals surface area (Å²) in [5.74, 6) is -0.903. The van der Waals surface area contributed by atoms with Crippen LogP contribution in [0.1, 0.15) is 60.5 Å². The van der Waals surface area contributed by atoms with Gasteiger partial charge in [-0.1, -0.05) is 19.9 Å². The van der Waals surface area contributed by atoms with Crippen molar-refractivity contribution < 1.29 is 14.7 Å². The molecule has 0 atom stereocenters. The number of hydrogen-bond acceptors (Lipinski definition) is 4. The SMILES string of the molecule is Cc1nc2cc(C=O)nn2c(C2=CCC(C)(C)CC2)c1CC(=O)O. The first kappa shape index (κ1) is 16.4. The first-order valence-electron chi connectivity index (χ1n) is 8.06. The minimum Gasteiger partial charge on any atom is -0.481 e. The molecule has 126 valence electrons. The molecule has 2 aromatic rings. The van der Waals surface area contributed by atoms with Crippen molar-refractivity contribution in [1.82, 2.24) is 14.6 Å². The molecule has 0 bridgehead atoms. The number of allylic oxidation sites excluding steroid dienone is 2. The van der Waals surface area contributed by atoms with Gasteiger partial charge in [-0.3, -0.25) is 9.59 Å². The molecule has 2 aromatic heterocycles. The number of carbonyl (C=O) groups excluding carboxylic acids is 1. The Balaban J connectivity index is 2.25. The smallest absolute Gasteiger partial charge is 0.307 e. The summed E-state index contributed by atoms with van der Waals surface area (Å²) in [4.78, 5) is 26.8. The summed E-state index contributed by atoms with van der Waals surface area (Å²) in [5.41, 5.74) is 4.32. The van der Waals surface area contributed by atoms with Gasteiger partial charge < -0.3 is 5.11 Å². The Labute approximate surface area is 140 Å². The van der Waals surface area contributed by atoms with E-state index in [2.05, 4.69) is 30.0 Å². The molecule has 3 rings (SSSR count). The van der Waals surface area contributed by atoms with E-state index in [4.69, 9.17) is 0 Å². The van der Waals surface area contributed by atoms with Gasteiger partial charge in [-0.2, -0.15) is 5.10 Å². The molecule has 0 saturated heterocycles. The average molecular weight is 327 g/mol. The van der Waals surface area contributed by atoms with Crippen molar-refractivity contribution in [2.75, 3.05) is 0 Å². The van der Waals surface area contributed by atoms with Crippen LogP contribution in [0.3, 0.4) is 0 Å². The van der Waals surface area contributed by atoms with Gasteiger partial charge in [-0.25, -0.2) is 9.50 Å². The molecule has 1 aliphatic carbocycles. The number of aryl methyl sites for hydroxylation is 1. The maximum Gasteiger partial charge on any atom is 0.307 e. The highest BCUT2D eigenvalue weighted by Crippen LogP contribution is 2.39. The van der Waals surface area contributed by atoms with E-state index in [0.29, 0.717) is 28.9 Å². The van der Waals surface area contributed by atoms with E-state index in [1.807, 2.05) is 6.92 Å². The molecule has 1 N–H and O–H groups in total. The van der Waals surface area contributed by atoms with Crippen LogP contribution in [0.25, 0.3) is 11.2 Å². The van der Waals surface area contributed by atoms with Crippen LogP contribution in [0.5, 0.6) is 0 Å². The van der Waals surface area contributed by atoms with Crippen LogP contribution in [0.4, 0.5) is 0 Å². The van der Waals surface area contributed by atoms with E-state index in [1.54, 1.807) is 10.6 Å². The minimum absolute atomic E-state index is 0.110. The molecular weight excluding hydrogens is 306 g/mol. The van der Waals surface area contributed by atoms with Gasteiger partial charge in [0.2, 0.25) is 0 Å². The number of carboxylic acids is 1. The predicted octanol–water partition coefficient (Wildman–Crippen LogP) is 3.07. The number of hydrogen-bond donors (Lipinski definition) is 1. The van der Waals surface area contributed by atoms with Crippen molar-refractivity contribution in [3.8, 4) is 0 Å². The Morgan fingerprint density at radius 1 is 1.46 bits per heavy atom. The third-order valence-corrected chi connectivity index (χ3v) is 4.65. The summed E-state index contributed by atoms with van der Waals surface area (Å²) in [6, 6.07) is 1.63. The average Bonchev–Trinajstić information content (AvgIpc) is 2.91. The zero-order chi connectivity index (χ0) is 17.5. The topological polar surface area (TPSA) is 84.6 Å². The standard InChI is InChI=1S/C18H21N3O3/c1-11-14(9-16(23)24)17(12-4-6-18(2,3)7-5-12)21-15(19-11)8-13(10-22)20-21/h4,8,10H,5-7,9H2,1-3H3,(H,23,24). The zero-order valence-electron chi connectivity index (χ0n) is 14.2. The van der Waals surface area contributed by atoms with Crippen molar-refractivity contribution in [3.05, 3.63) is 34.8 Å². The lowest BCUT2D eigenvalue weighted by molar-refractivity contribution is -0.136. The van der Waals surface area contributed by atoms with E-state index >= 15 is 0 Å². The molecule has 0 amide bonds. The number of rotatable bonds is 4. The number of nitrogens with zero attached hydrogens (tertiary/aromatic N) is 3. The van der Waals surface area contributed by atoms with Gasteiger partial charge in [0.15, 0.2) is 11.9 Å². The quantitative estimate of drug-likeness (QED) is 0.872. The number of carboxylic acid groups (broad SMARTS) is 1. The van der Waals surface area contributed by atoms with Crippen LogP contribution in [0, 0.1) is 12.3 Å². The number of fused-ring (bicyclic) bond motifs is 1. The van der Waals surface area contributed by atoms with Crippen LogP contribution < -0.4 is 0 Å². The van der Waals surface area contributed by atoms with E-state index in [-0.39, 0.29) is 11.8 Å². The lowest BCUT2D eigenvalue weighted by Crippen LogP contribution is -2.18. The van der Waals surface area contributed by atoms with E-state index < -0.39 is 5.97 Å². The molecule has 1 aliphatic rings. The minimum atomic E-state index is -0.903. The number of aliphatic carboxylic acids is 1. The molecule has 0 radical (unpaired) electrons. The van der Waals surface area contributed by atoms with Crippen molar-refractivity contribution >= 4 is 23.5 Å². The Morgan fingerprint density at radius 3 is 2.79 bits per heavy atom. The summed E-state index contributed by atoms with van der Waals surface area (Å²) in [6.45, 7) is 6.26. The first-order chi connectivity index (χ1) is 11.3. The molecule has 24 heavy (non-hydrogen) atoms. The fourth-order valence-corrected chi connectivity index (χ4v) is 3.21. The molecule has 0 aromatic carbocycles. The third-order valence-electron chi connectivity index (χ3n) is 4.65. The largest absolute Gasteiger partial charge is 0.481 e. The molecule has 0 aliphatic heterocycles. The van der Waals surface area contributed by atoms with Crippen LogP contribution in [0.2, 0.25) is 0 Å². The van der Waals surface area contributed by atoms with Gasteiger partial charge in [0, 0.05) is 17.3 Å². The molecule has 6 nitrogen and oxygen atoms in total. The van der Waals surface area contributed by atoms with Gasteiger partial charge in [0.1, 0.15) is 5.69 Å². The monoisotopic (exact) mass is 327 g/mol. The Hall–Kier alpha value is -2.50. The van der Waals surface area contributed by atoms with Gasteiger partial charge in [0.05, 0.1) is 12.1 Å². The van der Waals surface area contributed by atoms with E-state index in [0.717, 1.165) is 30.5 Å². The third kappa shape index (κ3) is 2.96. The fraction of sp³-hybridized carbons (Fsp3) is 0.444. The van der Waals surface area contributed by atoms with Crippen molar-refractivity contribution in [2.45, 2.75) is 46.5 Å². The molecule has 0 fully saturated rings. The lowest BCUT2D eigenvalue weighted by Gasteiger charge is -2.29. The van der Waals surface area contributed by atoms with E-state index in [1.165, 1.54) is 0 Å². The maximum atomic E-state index is 11.3. The predicted molar refractivity (Wildman–Crippen MR) is 90.1 cm³/mol. The molecule has 6 heteroatoms. The van der Waals surface area contributed by atoms with Crippen molar-refractivity contribution in [3.63, 3.8) is 0 Å². The fourth-order valence-electron chi connectivity index (χ4n) is 3.21. The second kappa shape index (κ2) is 5.85. The summed E-state index contributed by atoms with van der Waals surface area (Å²) < 4.78 is 1.62. The van der Waals surface area contributed by atoms with Gasteiger partial charge in [-0.05, 0) is 37.2 Å². The van der Waals surface area contributed by atoms with Crippen LogP contribution >= 0.6 is 0 Å². The maximum absolute atomic E-state index is 11.3. The molecule has 0 spiro atoms. The highest BCUT2D eigenvalue weighted by atomic mass is 16.4. The molecule has 0 saturated carbocycles. The van der Waals surface area contributed by atoms with Gasteiger partial charge in [0.25, 0.3) is 0 Å². The Bertz CT molecular complexity index is 862. The number of aldehydes is 1. The Kier molecular flexibility index (Phi) is 3.99. The van der Waals surface area contributed by atoms with Crippen LogP contribution in [0.15, 0.2) is 12.1 Å². The van der Waals surface area contributed by atoms with Crippen LogP contribution in [-0.4, -0.2) is 32.0 Å². The number of carbonyl (C=O) groups is 2. The normalized spacial score (nSPS) is 16.9. The number of aromatic nitrogens is 3. The Morgan fingerprint density at radius 2 is 2.21 bits per heavy atom. The molecule has 0 unspecified atom stereocenters. The second-order valence-corrected chi connectivity index (χ2v) is 7.15. The zero-order valence-corrected chi connectivity index (χ0v) is 14.2. The van der Waals surface area contributed by atoms with Crippen LogP contribution in [-0.2, 0) is 11.2 Å². The summed E-state index contributed by atoms with van der Waals surface area (Å²) in [5, 5.41) is 13.6. The lowest BCUT2D eigenvalue weighted by atomic mass is 9.77. The molecule has 2 heterocycles.